The molecule has 16 bridgehead atoms. The van der Waals surface area contributed by atoms with Gasteiger partial charge in [-0.15, -0.1) is 0 Å². The van der Waals surface area contributed by atoms with E-state index in [1.54, 1.807) is 30.3 Å². The van der Waals surface area contributed by atoms with Crippen LogP contribution in [0.2, 0.25) is 0 Å². The third-order valence-corrected chi connectivity index (χ3v) is 19.2. The fourth-order valence-corrected chi connectivity index (χ4v) is 13.4. The molecule has 0 spiro atoms. The molecule has 30 fully saturated rings. The van der Waals surface area contributed by atoms with E-state index >= 15 is 0 Å². The molecule has 30 saturated heterocycles. The van der Waals surface area contributed by atoms with Crippen LogP contribution in [0.25, 0.3) is 0 Å². The summed E-state index contributed by atoms with van der Waals surface area (Å²) in [6.45, 7) is -8.73. The number of azo groups is 1. The molecule has 43 heteroatoms. The van der Waals surface area contributed by atoms with Gasteiger partial charge in [-0.1, -0.05) is 18.2 Å². The molecule has 23 N–H and O–H groups in total. The number of hydrogen-bond donors (Lipinski definition) is 23. The van der Waals surface area contributed by atoms with E-state index in [0.29, 0.717) is 11.4 Å². The number of carbonyl (C=O) groups is 1. The molecule has 104 heavy (non-hydrogen) atoms. The predicted molar refractivity (Wildman–Crippen MR) is 321 cm³/mol. The van der Waals surface area contributed by atoms with Crippen molar-refractivity contribution in [3.8, 4) is 0 Å². The van der Waals surface area contributed by atoms with Crippen molar-refractivity contribution in [1.82, 2.24) is 0 Å². The zero-order valence-electron chi connectivity index (χ0n) is 54.5. The molecule has 40 atom stereocenters. The number of benzene rings is 2. The van der Waals surface area contributed by atoms with Crippen LogP contribution in [0.1, 0.15) is 10.4 Å². The van der Waals surface area contributed by atoms with Gasteiger partial charge in [0.25, 0.3) is 0 Å². The van der Waals surface area contributed by atoms with Gasteiger partial charge in [0, 0.05) is 0 Å². The summed E-state index contributed by atoms with van der Waals surface area (Å²) in [6.07, 6.45) is -84.0. The summed E-state index contributed by atoms with van der Waals surface area (Å²) in [5.41, 5.74) is 0.733. The maximum absolute atomic E-state index is 13.7. The van der Waals surface area contributed by atoms with Crippen molar-refractivity contribution in [3.05, 3.63) is 60.2 Å². The molecule has 0 aromatic heterocycles. The van der Waals surface area contributed by atoms with Crippen molar-refractivity contribution < 1.29 is 203 Å². The van der Waals surface area contributed by atoms with E-state index in [4.69, 9.17) is 80.5 Å². The maximum Gasteiger partial charge on any atom is 0.338 e. The first-order valence-electron chi connectivity index (χ1n) is 33.1. The highest BCUT2D eigenvalue weighted by atomic mass is 16.8. The molecule has 0 saturated carbocycles. The van der Waals surface area contributed by atoms with E-state index < -0.39 is 304 Å². The van der Waals surface area contributed by atoms with Crippen molar-refractivity contribution in [1.29, 1.82) is 0 Å². The standard InChI is InChI=1S/C61H88N2O41/c64-10-21-45-29(71)37(79)54(89-21)98-46-22(11-65)91-56(39(81)31(46)73)100-48-24(13-67)93-58(41(83)33(48)75)102-50-26(15-69)95-60(43(85)35(50)77)104-52-28(17-88-53(87)18-6-8-20(9-7-18)63-62-19-4-2-1-3-5-19)96-61(44(86)36(52)78)103-51-27(16-70)94-59(42(84)34(51)76)101-49-25(14-68)92-57(40(82)32(49)74)99-47-23(12-66)90-55(97-45)38(80)30(47)72/h1-9,21-52,54-61,64-86H,10-17H2/t21-,22-,23-,24-,25-,26-,27-,28-,29-,30-,31-,32-,33-,34-,35-,36-,37-,38-,39-,40-,41-,42-,43-,44-,45-,46-,47-,48-,49-,50-,51-,52-,54-,55-,56-,57-,58-,59-,60-,61-/m1/s1. The van der Waals surface area contributed by atoms with E-state index in [1.165, 1.54) is 24.3 Å². The zero-order valence-corrected chi connectivity index (χ0v) is 54.5. The van der Waals surface area contributed by atoms with Crippen molar-refractivity contribution in [2.45, 2.75) is 246 Å². The highest BCUT2D eigenvalue weighted by molar-refractivity contribution is 5.89. The summed E-state index contributed by atoms with van der Waals surface area (Å²) in [4.78, 5) is 13.7. The Bertz CT molecular complexity index is 3020. The largest absolute Gasteiger partial charge is 0.459 e. The number of esters is 1. The van der Waals surface area contributed by atoms with Gasteiger partial charge in [0.15, 0.2) is 50.3 Å². The Balaban J connectivity index is 0.866. The Morgan fingerprint density at radius 3 is 0.663 bits per heavy atom. The summed E-state index contributed by atoms with van der Waals surface area (Å²) in [6, 6.07) is 14.1. The van der Waals surface area contributed by atoms with Gasteiger partial charge in [-0.3, -0.25) is 0 Å². The first-order valence-corrected chi connectivity index (χ1v) is 33.1. The lowest BCUT2D eigenvalue weighted by Gasteiger charge is -2.50. The summed E-state index contributed by atoms with van der Waals surface area (Å²) in [5, 5.41) is 267. The van der Waals surface area contributed by atoms with Crippen LogP contribution in [-0.2, 0) is 80.5 Å². The Labute approximate surface area is 587 Å². The fourth-order valence-electron chi connectivity index (χ4n) is 13.4. The van der Waals surface area contributed by atoms with E-state index in [2.05, 4.69) is 10.2 Å². The molecule has 43 nitrogen and oxygen atoms in total. The van der Waals surface area contributed by atoms with Gasteiger partial charge in [-0.2, -0.15) is 10.2 Å². The number of aliphatic hydroxyl groups excluding tert-OH is 23. The number of rotatable bonds is 12. The number of nitrogens with zero attached hydrogens (tertiary/aromatic N) is 2. The topological polar surface area (TPSA) is 664 Å². The number of ether oxygens (including phenoxy) is 17. The normalized spacial score (nSPS) is 48.6. The minimum atomic E-state index is -2.35. The molecular formula is C61H88N2O41. The molecule has 588 valence electrons. The third kappa shape index (κ3) is 16.8. The predicted octanol–water partition coefficient (Wildman–Crippen LogP) is -13.1. The van der Waals surface area contributed by atoms with Crippen LogP contribution in [0.4, 0.5) is 11.4 Å². The summed E-state index contributed by atoms with van der Waals surface area (Å²) >= 11 is 0. The lowest BCUT2D eigenvalue weighted by atomic mass is 9.94. The van der Waals surface area contributed by atoms with Gasteiger partial charge in [0.2, 0.25) is 0 Å². The Morgan fingerprint density at radius 2 is 0.452 bits per heavy atom. The van der Waals surface area contributed by atoms with Crippen LogP contribution in [0.15, 0.2) is 64.8 Å². The van der Waals surface area contributed by atoms with Gasteiger partial charge in [-0.05, 0) is 36.4 Å². The van der Waals surface area contributed by atoms with Gasteiger partial charge in [-0.25, -0.2) is 4.79 Å². The number of carbonyl (C=O) groups excluding carboxylic acids is 1. The van der Waals surface area contributed by atoms with E-state index in [9.17, 15) is 122 Å². The Morgan fingerprint density at radius 1 is 0.260 bits per heavy atom. The molecular weight excluding hydrogens is 1420 g/mol. The van der Waals surface area contributed by atoms with E-state index in [-0.39, 0.29) is 5.56 Å². The van der Waals surface area contributed by atoms with Crippen LogP contribution in [0.3, 0.4) is 0 Å². The molecule has 2 aromatic carbocycles. The van der Waals surface area contributed by atoms with Crippen molar-refractivity contribution in [2.75, 3.05) is 52.9 Å². The van der Waals surface area contributed by atoms with Gasteiger partial charge in [0.05, 0.1) is 63.2 Å². The summed E-state index contributed by atoms with van der Waals surface area (Å²) in [7, 11) is 0. The molecule has 0 radical (unpaired) electrons. The van der Waals surface area contributed by atoms with Crippen LogP contribution < -0.4 is 0 Å². The van der Waals surface area contributed by atoms with Crippen molar-refractivity contribution in [3.63, 3.8) is 0 Å². The quantitative estimate of drug-likeness (QED) is 0.0693. The first kappa shape index (κ1) is 81.0. The first-order chi connectivity index (χ1) is 49.8. The maximum atomic E-state index is 13.7. The molecule has 30 heterocycles. The fraction of sp³-hybridized carbons (Fsp3) is 0.787. The SMILES string of the molecule is O=C(OC[C@H]1O[C@@H]2O[C@H]3[C@H](O)[C@@H](O)[C@@H](O[C@H]4[C@H](O)[C@@H](O)[C@@H](O[C@H]5[C@H](O)[C@@H](O)[C@@H](O[C@H]6[C@H](O)[C@@H](O)[C@@H](O[C@H]7[C@H](O)[C@@H](O)[C@@H](O[C@H]8[C@H](O)[C@@H](O)[C@@H](O[C@H]9[C@H](O)[C@@H](O)[C@@H](O[C@H]1[C@H](O)[C@H]2O)O[C@@H]9CO)O[C@@H]8CO)O[C@@H]7CO)O[C@@H]6CO)O[C@@H]5CO)O[C@@H]4CO)O[C@@H]3CO)c1ccc(N=Nc2ccccc2)cc1. The summed E-state index contributed by atoms with van der Waals surface area (Å²) in [5.74, 6) is -1.06. The van der Waals surface area contributed by atoms with Crippen molar-refractivity contribution >= 4 is 17.3 Å². The Hall–Kier alpha value is -4.05. The summed E-state index contributed by atoms with van der Waals surface area (Å²) < 4.78 is 98.4. The molecule has 0 unspecified atom stereocenters. The highest BCUT2D eigenvalue weighted by Crippen LogP contribution is 2.40. The number of aliphatic hydroxyl groups is 23. The van der Waals surface area contributed by atoms with E-state index in [0.717, 1.165) is 0 Å². The van der Waals surface area contributed by atoms with Crippen LogP contribution in [-0.4, -0.2) is 422 Å². The molecule has 0 aliphatic carbocycles. The van der Waals surface area contributed by atoms with Crippen LogP contribution in [0.5, 0.6) is 0 Å². The average Bonchev–Trinajstić information content (AvgIpc) is 0.776. The number of hydrogen-bond acceptors (Lipinski definition) is 43. The molecule has 30 aliphatic rings. The van der Waals surface area contributed by atoms with Crippen LogP contribution in [0, 0.1) is 0 Å². The molecule has 30 aliphatic heterocycles. The van der Waals surface area contributed by atoms with Crippen molar-refractivity contribution in [2.24, 2.45) is 10.2 Å². The smallest absolute Gasteiger partial charge is 0.338 e. The molecule has 0 amide bonds. The molecule has 2 aromatic rings. The highest BCUT2D eigenvalue weighted by Gasteiger charge is 2.60. The zero-order chi connectivity index (χ0) is 74.9. The second kappa shape index (κ2) is 35.3. The lowest BCUT2D eigenvalue weighted by molar-refractivity contribution is -0.404. The average molecular weight is 1510 g/mol. The Kier molecular flexibility index (Phi) is 27.5. The third-order valence-electron chi connectivity index (χ3n) is 19.2. The molecule has 32 rings (SSSR count). The second-order valence-corrected chi connectivity index (χ2v) is 26.0. The van der Waals surface area contributed by atoms with Crippen LogP contribution >= 0.6 is 0 Å². The monoisotopic (exact) mass is 1500 g/mol. The van der Waals surface area contributed by atoms with Gasteiger partial charge >= 0.3 is 5.97 Å². The van der Waals surface area contributed by atoms with Gasteiger partial charge < -0.3 is 198 Å². The second-order valence-electron chi connectivity index (χ2n) is 26.0. The van der Waals surface area contributed by atoms with E-state index in [1.807, 2.05) is 0 Å². The van der Waals surface area contributed by atoms with Gasteiger partial charge in [0.1, 0.15) is 202 Å². The lowest BCUT2D eigenvalue weighted by Crippen LogP contribution is -2.69. The minimum absolute atomic E-state index is 0.0926. The minimum Gasteiger partial charge on any atom is -0.459 e.